The third-order valence-electron chi connectivity index (χ3n) is 4.95. The summed E-state index contributed by atoms with van der Waals surface area (Å²) >= 11 is 0. The molecule has 2 unspecified atom stereocenters. The Morgan fingerprint density at radius 2 is 1.73 bits per heavy atom. The summed E-state index contributed by atoms with van der Waals surface area (Å²) < 4.78 is 5.49. The fourth-order valence-electron chi connectivity index (χ4n) is 3.48. The third kappa shape index (κ3) is 6.13. The molecule has 22 heavy (non-hydrogen) atoms. The van der Waals surface area contributed by atoms with E-state index in [0.717, 1.165) is 38.8 Å². The first-order valence-electron chi connectivity index (χ1n) is 8.99. The molecule has 2 fully saturated rings. The number of likely N-dealkylation sites (N-methyl/N-ethyl adjacent to an activating group) is 1. The Kier molecular flexibility index (Phi) is 7.57. The molecule has 0 saturated carbocycles. The van der Waals surface area contributed by atoms with E-state index in [2.05, 4.69) is 21.7 Å². The number of β-amino-alcohol motifs (C(OH)–C–C–N with tert-alkyl or cyclic N) is 1. The molecular formula is C17H35N3O2. The number of aliphatic hydroxyl groups is 1. The first kappa shape index (κ1) is 18.1. The standard InChI is InChI=1S/C17H35N3O2/c1-15(2)22-14-17(21)13-20-10-8-19(9-11-20)12-16-6-4-5-7-18(16)3/h15-17,21H,4-14H2,1-3H3. The van der Waals surface area contributed by atoms with Crippen LogP contribution in [-0.4, -0.2) is 97.5 Å². The van der Waals surface area contributed by atoms with Crippen molar-refractivity contribution in [3.63, 3.8) is 0 Å². The van der Waals surface area contributed by atoms with Crippen LogP contribution in [0.25, 0.3) is 0 Å². The molecule has 5 nitrogen and oxygen atoms in total. The van der Waals surface area contributed by atoms with Crippen LogP contribution in [-0.2, 0) is 4.74 Å². The Morgan fingerprint density at radius 3 is 2.36 bits per heavy atom. The van der Waals surface area contributed by atoms with Crippen molar-refractivity contribution in [3.05, 3.63) is 0 Å². The molecule has 0 radical (unpaired) electrons. The Balaban J connectivity index is 1.63. The number of hydrogen-bond donors (Lipinski definition) is 1. The maximum atomic E-state index is 10.0. The van der Waals surface area contributed by atoms with Gasteiger partial charge in [0.15, 0.2) is 0 Å². The highest BCUT2D eigenvalue weighted by Crippen LogP contribution is 2.16. The van der Waals surface area contributed by atoms with Crippen molar-refractivity contribution in [2.45, 2.75) is 51.4 Å². The molecule has 2 heterocycles. The largest absolute Gasteiger partial charge is 0.389 e. The topological polar surface area (TPSA) is 39.2 Å². The molecule has 2 aliphatic rings. The second-order valence-corrected chi connectivity index (χ2v) is 7.27. The average molecular weight is 313 g/mol. The van der Waals surface area contributed by atoms with Gasteiger partial charge in [-0.1, -0.05) is 6.42 Å². The van der Waals surface area contributed by atoms with E-state index in [1.54, 1.807) is 0 Å². The smallest absolute Gasteiger partial charge is 0.0900 e. The van der Waals surface area contributed by atoms with Crippen molar-refractivity contribution in [2.24, 2.45) is 0 Å². The Bertz CT molecular complexity index is 306. The van der Waals surface area contributed by atoms with Gasteiger partial charge in [-0.15, -0.1) is 0 Å². The minimum absolute atomic E-state index is 0.194. The van der Waals surface area contributed by atoms with E-state index in [9.17, 15) is 5.11 Å². The molecule has 2 saturated heterocycles. The lowest BCUT2D eigenvalue weighted by Gasteiger charge is -2.40. The first-order valence-corrected chi connectivity index (χ1v) is 8.99. The van der Waals surface area contributed by atoms with Gasteiger partial charge in [-0.25, -0.2) is 0 Å². The van der Waals surface area contributed by atoms with Crippen LogP contribution in [0.5, 0.6) is 0 Å². The lowest BCUT2D eigenvalue weighted by molar-refractivity contribution is -0.0158. The fourth-order valence-corrected chi connectivity index (χ4v) is 3.48. The molecule has 2 atom stereocenters. The van der Waals surface area contributed by atoms with E-state index in [0.29, 0.717) is 6.61 Å². The molecule has 0 amide bonds. The van der Waals surface area contributed by atoms with E-state index < -0.39 is 0 Å². The molecule has 0 aromatic heterocycles. The van der Waals surface area contributed by atoms with Crippen molar-refractivity contribution in [2.75, 3.05) is 59.5 Å². The molecule has 5 heteroatoms. The third-order valence-corrected chi connectivity index (χ3v) is 4.95. The monoisotopic (exact) mass is 313 g/mol. The second-order valence-electron chi connectivity index (χ2n) is 7.27. The van der Waals surface area contributed by atoms with Gasteiger partial charge in [0.05, 0.1) is 18.8 Å². The van der Waals surface area contributed by atoms with E-state index in [-0.39, 0.29) is 12.2 Å². The van der Waals surface area contributed by atoms with Gasteiger partial charge < -0.3 is 14.7 Å². The minimum Gasteiger partial charge on any atom is -0.389 e. The zero-order chi connectivity index (χ0) is 15.9. The summed E-state index contributed by atoms with van der Waals surface area (Å²) in [5, 5.41) is 10.0. The Hall–Kier alpha value is -0.200. The first-order chi connectivity index (χ1) is 10.5. The summed E-state index contributed by atoms with van der Waals surface area (Å²) in [4.78, 5) is 7.50. The summed E-state index contributed by atoms with van der Waals surface area (Å²) in [6, 6.07) is 0.741. The van der Waals surface area contributed by atoms with Gasteiger partial charge in [0.2, 0.25) is 0 Å². The van der Waals surface area contributed by atoms with Gasteiger partial charge in [0.25, 0.3) is 0 Å². The summed E-state index contributed by atoms with van der Waals surface area (Å²) in [7, 11) is 2.27. The average Bonchev–Trinajstić information content (AvgIpc) is 2.49. The van der Waals surface area contributed by atoms with Gasteiger partial charge in [0.1, 0.15) is 0 Å². The van der Waals surface area contributed by atoms with Gasteiger partial charge >= 0.3 is 0 Å². The number of aliphatic hydroxyl groups excluding tert-OH is 1. The fraction of sp³-hybridized carbons (Fsp3) is 1.00. The SMILES string of the molecule is CC(C)OCC(O)CN1CCN(CC2CCCCN2C)CC1. The Labute approximate surface area is 136 Å². The number of likely N-dealkylation sites (tertiary alicyclic amines) is 1. The minimum atomic E-state index is -0.363. The highest BCUT2D eigenvalue weighted by molar-refractivity contribution is 4.81. The van der Waals surface area contributed by atoms with Crippen LogP contribution in [0.1, 0.15) is 33.1 Å². The van der Waals surface area contributed by atoms with Crippen LogP contribution in [0.4, 0.5) is 0 Å². The second kappa shape index (κ2) is 9.18. The van der Waals surface area contributed by atoms with Crippen LogP contribution < -0.4 is 0 Å². The van der Waals surface area contributed by atoms with Crippen molar-refractivity contribution in [1.29, 1.82) is 0 Å². The van der Waals surface area contributed by atoms with Crippen molar-refractivity contribution < 1.29 is 9.84 Å². The lowest BCUT2D eigenvalue weighted by Crippen LogP contribution is -2.53. The van der Waals surface area contributed by atoms with Gasteiger partial charge in [-0.05, 0) is 40.3 Å². The quantitative estimate of drug-likeness (QED) is 0.755. The summed E-state index contributed by atoms with van der Waals surface area (Å²) in [5.74, 6) is 0. The summed E-state index contributed by atoms with van der Waals surface area (Å²) in [5.41, 5.74) is 0. The predicted molar refractivity (Wildman–Crippen MR) is 90.2 cm³/mol. The van der Waals surface area contributed by atoms with Crippen molar-refractivity contribution in [3.8, 4) is 0 Å². The molecule has 0 spiro atoms. The number of piperidine rings is 1. The zero-order valence-corrected chi connectivity index (χ0v) is 14.7. The van der Waals surface area contributed by atoms with Crippen LogP contribution in [0.15, 0.2) is 0 Å². The van der Waals surface area contributed by atoms with Crippen LogP contribution in [0.2, 0.25) is 0 Å². The zero-order valence-electron chi connectivity index (χ0n) is 14.7. The number of piperazine rings is 1. The van der Waals surface area contributed by atoms with Gasteiger partial charge in [-0.3, -0.25) is 9.80 Å². The van der Waals surface area contributed by atoms with Crippen LogP contribution in [0, 0.1) is 0 Å². The molecular weight excluding hydrogens is 278 g/mol. The molecule has 2 aliphatic heterocycles. The van der Waals surface area contributed by atoms with Crippen molar-refractivity contribution in [1.82, 2.24) is 14.7 Å². The van der Waals surface area contributed by atoms with E-state index in [1.165, 1.54) is 32.4 Å². The highest BCUT2D eigenvalue weighted by atomic mass is 16.5. The predicted octanol–water partition coefficient (Wildman–Crippen LogP) is 0.874. The van der Waals surface area contributed by atoms with Gasteiger partial charge in [-0.2, -0.15) is 0 Å². The molecule has 0 aliphatic carbocycles. The highest BCUT2D eigenvalue weighted by Gasteiger charge is 2.24. The summed E-state index contributed by atoms with van der Waals surface area (Å²) in [6.45, 7) is 12.1. The Morgan fingerprint density at radius 1 is 1.05 bits per heavy atom. The molecule has 2 rings (SSSR count). The normalized spacial score (nSPS) is 27.4. The van der Waals surface area contributed by atoms with Crippen LogP contribution >= 0.6 is 0 Å². The number of hydrogen-bond acceptors (Lipinski definition) is 5. The molecule has 0 bridgehead atoms. The van der Waals surface area contributed by atoms with Crippen molar-refractivity contribution >= 4 is 0 Å². The maximum Gasteiger partial charge on any atom is 0.0900 e. The van der Waals surface area contributed by atoms with Crippen LogP contribution in [0.3, 0.4) is 0 Å². The number of nitrogens with zero attached hydrogens (tertiary/aromatic N) is 3. The number of ether oxygens (including phenoxy) is 1. The van der Waals surface area contributed by atoms with E-state index in [1.807, 2.05) is 13.8 Å². The molecule has 130 valence electrons. The maximum absolute atomic E-state index is 10.0. The molecule has 0 aromatic rings. The van der Waals surface area contributed by atoms with E-state index >= 15 is 0 Å². The summed E-state index contributed by atoms with van der Waals surface area (Å²) in [6.07, 6.45) is 3.92. The lowest BCUT2D eigenvalue weighted by atomic mass is 10.0. The molecule has 0 aromatic carbocycles. The molecule has 1 N–H and O–H groups in total. The number of rotatable bonds is 7. The van der Waals surface area contributed by atoms with E-state index in [4.69, 9.17) is 4.74 Å². The van der Waals surface area contributed by atoms with Gasteiger partial charge in [0, 0.05) is 45.3 Å².